The normalized spacial score (nSPS) is 10.7. The number of nitro groups is 1. The van der Waals surface area contributed by atoms with Gasteiger partial charge in [-0.25, -0.2) is 4.39 Å². The Hall–Kier alpha value is -4.91. The van der Waals surface area contributed by atoms with E-state index in [9.17, 15) is 24.6 Å². The third-order valence-electron chi connectivity index (χ3n) is 4.85. The van der Waals surface area contributed by atoms with Crippen molar-refractivity contribution in [2.75, 3.05) is 19.5 Å². The fourth-order valence-corrected chi connectivity index (χ4v) is 3.08. The second kappa shape index (κ2) is 11.3. The molecule has 10 heteroatoms. The molecule has 178 valence electrons. The van der Waals surface area contributed by atoms with E-state index in [2.05, 4.69) is 5.32 Å². The van der Waals surface area contributed by atoms with E-state index in [1.54, 1.807) is 36.4 Å². The van der Waals surface area contributed by atoms with Gasteiger partial charge in [0, 0.05) is 17.7 Å². The molecule has 0 radical (unpaired) electrons. The molecule has 0 fully saturated rings. The number of carbonyl (C=O) groups excluding carboxylic acids is 1. The fourth-order valence-electron chi connectivity index (χ4n) is 3.08. The third kappa shape index (κ3) is 6.11. The summed E-state index contributed by atoms with van der Waals surface area (Å²) in [6.45, 7) is -0.0187. The molecule has 0 unspecified atom stereocenters. The topological polar surface area (TPSA) is 124 Å². The van der Waals surface area contributed by atoms with E-state index < -0.39 is 16.6 Å². The summed E-state index contributed by atoms with van der Waals surface area (Å²) >= 11 is 0. The number of non-ortho nitro benzene ring substituents is 1. The number of anilines is 1. The van der Waals surface area contributed by atoms with Gasteiger partial charge < -0.3 is 19.5 Å². The number of carbonyl (C=O) groups is 1. The lowest BCUT2D eigenvalue weighted by molar-refractivity contribution is -0.384. The van der Waals surface area contributed by atoms with Crippen molar-refractivity contribution in [2.24, 2.45) is 0 Å². The van der Waals surface area contributed by atoms with Crippen LogP contribution in [0.4, 0.5) is 15.8 Å². The molecule has 3 aromatic rings. The Bertz CT molecular complexity index is 1330. The Balaban J connectivity index is 1.81. The second-order valence-corrected chi connectivity index (χ2v) is 7.06. The summed E-state index contributed by atoms with van der Waals surface area (Å²) in [5, 5.41) is 23.0. The summed E-state index contributed by atoms with van der Waals surface area (Å²) in [5.41, 5.74) is 0.360. The quantitative estimate of drug-likeness (QED) is 0.202. The lowest BCUT2D eigenvalue weighted by Crippen LogP contribution is -2.14. The van der Waals surface area contributed by atoms with Gasteiger partial charge in [0.2, 0.25) is 0 Å². The molecule has 3 aromatic carbocycles. The minimum atomic E-state index is -0.787. The predicted molar refractivity (Wildman–Crippen MR) is 126 cm³/mol. The Morgan fingerprint density at radius 3 is 2.46 bits per heavy atom. The fraction of sp³-hybridized carbons (Fsp3) is 0.120. The van der Waals surface area contributed by atoms with Gasteiger partial charge in [-0.05, 0) is 35.9 Å². The summed E-state index contributed by atoms with van der Waals surface area (Å²) in [4.78, 5) is 23.1. The molecule has 0 saturated heterocycles. The van der Waals surface area contributed by atoms with Crippen molar-refractivity contribution in [3.05, 3.63) is 93.3 Å². The van der Waals surface area contributed by atoms with Crippen LogP contribution >= 0.6 is 0 Å². The lowest BCUT2D eigenvalue weighted by Gasteiger charge is -2.12. The lowest BCUT2D eigenvalue weighted by atomic mass is 10.1. The van der Waals surface area contributed by atoms with Crippen molar-refractivity contribution in [3.8, 4) is 23.3 Å². The average Bonchev–Trinajstić information content (AvgIpc) is 2.86. The van der Waals surface area contributed by atoms with E-state index in [-0.39, 0.29) is 29.3 Å². The number of ether oxygens (including phenoxy) is 3. The number of halogens is 1. The first-order valence-electron chi connectivity index (χ1n) is 10.2. The van der Waals surface area contributed by atoms with E-state index in [0.717, 1.165) is 6.07 Å². The maximum atomic E-state index is 13.8. The molecule has 1 N–H and O–H groups in total. The van der Waals surface area contributed by atoms with Gasteiger partial charge in [-0.1, -0.05) is 24.3 Å². The molecule has 0 heterocycles. The summed E-state index contributed by atoms with van der Waals surface area (Å²) in [6, 6.07) is 16.5. The van der Waals surface area contributed by atoms with Gasteiger partial charge in [-0.3, -0.25) is 14.9 Å². The van der Waals surface area contributed by atoms with Crippen LogP contribution in [0, 0.1) is 27.3 Å². The summed E-state index contributed by atoms with van der Waals surface area (Å²) in [6.07, 6.45) is 1.32. The number of benzene rings is 3. The van der Waals surface area contributed by atoms with Crippen LogP contribution in [0.25, 0.3) is 6.08 Å². The summed E-state index contributed by atoms with van der Waals surface area (Å²) in [5.74, 6) is -0.328. The summed E-state index contributed by atoms with van der Waals surface area (Å²) < 4.78 is 30.0. The van der Waals surface area contributed by atoms with Gasteiger partial charge in [0.1, 0.15) is 29.8 Å². The zero-order valence-corrected chi connectivity index (χ0v) is 18.8. The number of hydrogen-bond donors (Lipinski definition) is 1. The van der Waals surface area contributed by atoms with Crippen molar-refractivity contribution in [3.63, 3.8) is 0 Å². The number of methoxy groups -OCH3 is 2. The van der Waals surface area contributed by atoms with Gasteiger partial charge in [0.25, 0.3) is 11.6 Å². The van der Waals surface area contributed by atoms with Crippen molar-refractivity contribution < 1.29 is 28.3 Å². The highest BCUT2D eigenvalue weighted by Gasteiger charge is 2.17. The Kier molecular flexibility index (Phi) is 7.98. The van der Waals surface area contributed by atoms with Crippen LogP contribution in [0.2, 0.25) is 0 Å². The van der Waals surface area contributed by atoms with Crippen LogP contribution in [-0.4, -0.2) is 25.1 Å². The maximum Gasteiger partial charge on any atom is 0.271 e. The molecular weight excluding hydrogens is 457 g/mol. The standard InChI is InChI=1S/C25H20FN3O6/c1-33-22-10-8-19(29(31)32)13-21(22)28-25(30)18(14-27)11-16-7-9-23(24(12-16)34-2)35-15-17-5-3-4-6-20(17)26/h3-13H,15H2,1-2H3,(H,28,30)/b18-11+. The van der Waals surface area contributed by atoms with E-state index in [4.69, 9.17) is 14.2 Å². The number of hydrogen-bond acceptors (Lipinski definition) is 7. The molecule has 35 heavy (non-hydrogen) atoms. The highest BCUT2D eigenvalue weighted by atomic mass is 19.1. The molecule has 0 aliphatic rings. The number of nitrogens with one attached hydrogen (secondary N) is 1. The monoisotopic (exact) mass is 477 g/mol. The highest BCUT2D eigenvalue weighted by molar-refractivity contribution is 6.10. The molecular formula is C25H20FN3O6. The maximum absolute atomic E-state index is 13.8. The van der Waals surface area contributed by atoms with Crippen molar-refractivity contribution in [1.29, 1.82) is 5.26 Å². The Morgan fingerprint density at radius 2 is 1.80 bits per heavy atom. The van der Waals surface area contributed by atoms with Gasteiger partial charge in [0.15, 0.2) is 11.5 Å². The van der Waals surface area contributed by atoms with Crippen LogP contribution < -0.4 is 19.5 Å². The number of nitro benzene ring substituents is 1. The zero-order chi connectivity index (χ0) is 25.4. The third-order valence-corrected chi connectivity index (χ3v) is 4.85. The van der Waals surface area contributed by atoms with Crippen LogP contribution in [0.1, 0.15) is 11.1 Å². The number of nitrogens with zero attached hydrogens (tertiary/aromatic N) is 2. The van der Waals surface area contributed by atoms with E-state index >= 15 is 0 Å². The largest absolute Gasteiger partial charge is 0.495 e. The number of amides is 1. The molecule has 0 saturated carbocycles. The minimum absolute atomic E-state index is 0.0187. The van der Waals surface area contributed by atoms with Crippen LogP contribution in [0.15, 0.2) is 66.2 Å². The molecule has 0 spiro atoms. The average molecular weight is 477 g/mol. The van der Waals surface area contributed by atoms with Crippen LogP contribution in [-0.2, 0) is 11.4 Å². The first-order valence-corrected chi connectivity index (χ1v) is 10.2. The van der Waals surface area contributed by atoms with Crippen molar-refractivity contribution in [2.45, 2.75) is 6.61 Å². The predicted octanol–water partition coefficient (Wildman–Crippen LogP) is 4.88. The van der Waals surface area contributed by atoms with Crippen molar-refractivity contribution >= 4 is 23.4 Å². The molecule has 0 atom stereocenters. The zero-order valence-electron chi connectivity index (χ0n) is 18.8. The van der Waals surface area contributed by atoms with Crippen molar-refractivity contribution in [1.82, 2.24) is 0 Å². The Morgan fingerprint density at radius 1 is 1.09 bits per heavy atom. The molecule has 0 aliphatic heterocycles. The molecule has 0 bridgehead atoms. The number of rotatable bonds is 9. The van der Waals surface area contributed by atoms with Gasteiger partial charge in [-0.15, -0.1) is 0 Å². The highest BCUT2D eigenvalue weighted by Crippen LogP contribution is 2.31. The molecule has 9 nitrogen and oxygen atoms in total. The minimum Gasteiger partial charge on any atom is -0.495 e. The van der Waals surface area contributed by atoms with E-state index in [0.29, 0.717) is 22.6 Å². The second-order valence-electron chi connectivity index (χ2n) is 7.06. The smallest absolute Gasteiger partial charge is 0.271 e. The van der Waals surface area contributed by atoms with Crippen LogP contribution in [0.5, 0.6) is 17.2 Å². The van der Waals surface area contributed by atoms with Gasteiger partial charge in [0.05, 0.1) is 24.8 Å². The first kappa shape index (κ1) is 24.7. The van der Waals surface area contributed by atoms with E-state index in [1.165, 1.54) is 38.5 Å². The summed E-state index contributed by atoms with van der Waals surface area (Å²) in [7, 11) is 2.77. The molecule has 1 amide bonds. The molecule has 0 aromatic heterocycles. The molecule has 0 aliphatic carbocycles. The molecule has 3 rings (SSSR count). The van der Waals surface area contributed by atoms with Crippen LogP contribution in [0.3, 0.4) is 0 Å². The van der Waals surface area contributed by atoms with Gasteiger partial charge in [-0.2, -0.15) is 5.26 Å². The van der Waals surface area contributed by atoms with Gasteiger partial charge >= 0.3 is 0 Å². The van der Waals surface area contributed by atoms with E-state index in [1.807, 2.05) is 6.07 Å². The SMILES string of the molecule is COc1ccc([N+](=O)[O-])cc1NC(=O)/C(C#N)=C/c1ccc(OCc2ccccc2F)c(OC)c1. The number of nitriles is 1. The Labute approximate surface area is 200 Å². The first-order chi connectivity index (χ1) is 16.9.